The van der Waals surface area contributed by atoms with Gasteiger partial charge in [0.05, 0.1) is 9.92 Å². The van der Waals surface area contributed by atoms with Gasteiger partial charge in [0.25, 0.3) is 5.76 Å². The molecule has 0 aliphatic rings. The molecule has 0 bridgehead atoms. The zero-order chi connectivity index (χ0) is 10.6. The van der Waals surface area contributed by atoms with E-state index in [0.29, 0.717) is 33.9 Å². The number of rotatable bonds is 4. The highest BCUT2D eigenvalue weighted by Crippen LogP contribution is 2.37. The van der Waals surface area contributed by atoms with Crippen LogP contribution in [-0.2, 0) is 0 Å². The van der Waals surface area contributed by atoms with E-state index >= 15 is 0 Å². The highest BCUT2D eigenvalue weighted by Gasteiger charge is 2.12. The molecule has 0 aliphatic carbocycles. The van der Waals surface area contributed by atoms with Gasteiger partial charge in [0.1, 0.15) is 0 Å². The first-order chi connectivity index (χ1) is 6.65. The molecular formula is C9H10ClF2NS. The van der Waals surface area contributed by atoms with Gasteiger partial charge in [0, 0.05) is 12.2 Å². The van der Waals surface area contributed by atoms with Gasteiger partial charge in [-0.25, -0.2) is 0 Å². The van der Waals surface area contributed by atoms with E-state index in [4.69, 9.17) is 11.6 Å². The van der Waals surface area contributed by atoms with Crippen molar-refractivity contribution < 1.29 is 8.78 Å². The molecule has 14 heavy (non-hydrogen) atoms. The van der Waals surface area contributed by atoms with E-state index < -0.39 is 5.76 Å². The Morgan fingerprint density at radius 3 is 2.79 bits per heavy atom. The van der Waals surface area contributed by atoms with Crippen molar-refractivity contribution in [3.05, 3.63) is 23.2 Å². The maximum Gasteiger partial charge on any atom is 0.289 e. The molecule has 1 N–H and O–H groups in total. The minimum Gasteiger partial charge on any atom is -0.384 e. The number of alkyl halides is 2. The lowest BCUT2D eigenvalue weighted by atomic mass is 10.3. The summed E-state index contributed by atoms with van der Waals surface area (Å²) in [6.45, 7) is 2.58. The minimum absolute atomic E-state index is 0.355. The summed E-state index contributed by atoms with van der Waals surface area (Å²) in [4.78, 5) is 0.408. The molecule has 0 heterocycles. The third-order valence-corrected chi connectivity index (χ3v) is 2.82. The smallest absolute Gasteiger partial charge is 0.289 e. The van der Waals surface area contributed by atoms with Crippen molar-refractivity contribution >= 4 is 29.1 Å². The number of anilines is 1. The van der Waals surface area contributed by atoms with Crippen LogP contribution in [0.25, 0.3) is 0 Å². The fourth-order valence-electron chi connectivity index (χ4n) is 1.05. The topological polar surface area (TPSA) is 12.0 Å². The Balaban J connectivity index is 2.96. The summed E-state index contributed by atoms with van der Waals surface area (Å²) >= 11 is 6.28. The standard InChI is InChI=1S/C9H10ClF2NS/c1-2-13-7-5-3-4-6(10)8(7)14-9(11)12/h3-5,9,13H,2H2,1H3. The monoisotopic (exact) mass is 237 g/mol. The molecular weight excluding hydrogens is 228 g/mol. The Morgan fingerprint density at radius 1 is 1.50 bits per heavy atom. The van der Waals surface area contributed by atoms with Crippen LogP contribution in [0.3, 0.4) is 0 Å². The SMILES string of the molecule is CCNc1cccc(Cl)c1SC(F)F. The summed E-state index contributed by atoms with van der Waals surface area (Å²) in [5.41, 5.74) is 0.658. The van der Waals surface area contributed by atoms with Gasteiger partial charge < -0.3 is 5.32 Å². The molecule has 0 atom stereocenters. The number of benzene rings is 1. The van der Waals surface area contributed by atoms with Crippen molar-refractivity contribution in [2.45, 2.75) is 17.6 Å². The van der Waals surface area contributed by atoms with E-state index in [1.165, 1.54) is 0 Å². The molecule has 0 aromatic heterocycles. The van der Waals surface area contributed by atoms with Crippen molar-refractivity contribution in [2.24, 2.45) is 0 Å². The molecule has 1 nitrogen and oxygen atoms in total. The Kier molecular flexibility index (Phi) is 4.48. The van der Waals surface area contributed by atoms with E-state index in [-0.39, 0.29) is 0 Å². The van der Waals surface area contributed by atoms with E-state index in [2.05, 4.69) is 5.32 Å². The molecule has 0 aliphatic heterocycles. The lowest BCUT2D eigenvalue weighted by Crippen LogP contribution is -1.99. The van der Waals surface area contributed by atoms with E-state index in [1.807, 2.05) is 6.92 Å². The van der Waals surface area contributed by atoms with Crippen LogP contribution in [0.5, 0.6) is 0 Å². The van der Waals surface area contributed by atoms with Crippen LogP contribution < -0.4 is 5.32 Å². The van der Waals surface area contributed by atoms with Crippen LogP contribution in [0.2, 0.25) is 5.02 Å². The first-order valence-corrected chi connectivity index (χ1v) is 5.38. The Labute approximate surface area is 90.8 Å². The highest BCUT2D eigenvalue weighted by atomic mass is 35.5. The number of hydrogen-bond donors (Lipinski definition) is 1. The van der Waals surface area contributed by atoms with Gasteiger partial charge >= 0.3 is 0 Å². The molecule has 0 radical (unpaired) electrons. The zero-order valence-electron chi connectivity index (χ0n) is 7.56. The molecule has 1 aromatic carbocycles. The molecule has 0 amide bonds. The summed E-state index contributed by atoms with van der Waals surface area (Å²) in [5.74, 6) is -2.45. The van der Waals surface area contributed by atoms with Crippen LogP contribution in [0.15, 0.2) is 23.1 Å². The van der Waals surface area contributed by atoms with E-state index in [0.717, 1.165) is 0 Å². The van der Waals surface area contributed by atoms with Crippen LogP contribution in [0, 0.1) is 0 Å². The average Bonchev–Trinajstić information content (AvgIpc) is 2.11. The summed E-state index contributed by atoms with van der Waals surface area (Å²) in [6, 6.07) is 5.07. The molecule has 0 spiro atoms. The van der Waals surface area contributed by atoms with Gasteiger partial charge in [-0.05, 0) is 19.1 Å². The predicted octanol–water partition coefficient (Wildman–Crippen LogP) is 4.09. The summed E-state index contributed by atoms with van der Waals surface area (Å²) in [6.07, 6.45) is 0. The molecule has 5 heteroatoms. The van der Waals surface area contributed by atoms with Gasteiger partial charge in [0.15, 0.2) is 0 Å². The lowest BCUT2D eigenvalue weighted by Gasteiger charge is -2.11. The van der Waals surface area contributed by atoms with Crippen LogP contribution in [0.4, 0.5) is 14.5 Å². The van der Waals surface area contributed by atoms with Gasteiger partial charge in [-0.2, -0.15) is 8.78 Å². The third-order valence-electron chi connectivity index (χ3n) is 1.54. The normalized spacial score (nSPS) is 10.6. The Morgan fingerprint density at radius 2 is 2.21 bits per heavy atom. The second-order valence-corrected chi connectivity index (χ2v) is 3.93. The van der Waals surface area contributed by atoms with Crippen molar-refractivity contribution in [1.82, 2.24) is 0 Å². The molecule has 1 rings (SSSR count). The second-order valence-electron chi connectivity index (χ2n) is 2.53. The Bertz CT molecular complexity index is 307. The summed E-state index contributed by atoms with van der Waals surface area (Å²) < 4.78 is 24.4. The second kappa shape index (κ2) is 5.41. The van der Waals surface area contributed by atoms with Crippen molar-refractivity contribution in [1.29, 1.82) is 0 Å². The van der Waals surface area contributed by atoms with Crippen molar-refractivity contribution in [2.75, 3.05) is 11.9 Å². The van der Waals surface area contributed by atoms with Crippen LogP contribution in [-0.4, -0.2) is 12.3 Å². The highest BCUT2D eigenvalue weighted by molar-refractivity contribution is 7.99. The summed E-state index contributed by atoms with van der Waals surface area (Å²) in [7, 11) is 0. The minimum atomic E-state index is -2.45. The van der Waals surface area contributed by atoms with Crippen molar-refractivity contribution in [3.63, 3.8) is 0 Å². The molecule has 1 aromatic rings. The molecule has 0 saturated heterocycles. The predicted molar refractivity (Wildman–Crippen MR) is 57.5 cm³/mol. The first kappa shape index (κ1) is 11.6. The van der Waals surface area contributed by atoms with Gasteiger partial charge in [-0.1, -0.05) is 29.4 Å². The first-order valence-electron chi connectivity index (χ1n) is 4.12. The zero-order valence-corrected chi connectivity index (χ0v) is 9.13. The third kappa shape index (κ3) is 3.03. The maximum atomic E-state index is 12.2. The molecule has 78 valence electrons. The van der Waals surface area contributed by atoms with Crippen molar-refractivity contribution in [3.8, 4) is 0 Å². The fraction of sp³-hybridized carbons (Fsp3) is 0.333. The molecule has 0 fully saturated rings. The summed E-state index contributed by atoms with van der Waals surface area (Å²) in [5, 5.41) is 3.34. The van der Waals surface area contributed by atoms with Gasteiger partial charge in [0.2, 0.25) is 0 Å². The molecule has 0 saturated carbocycles. The largest absolute Gasteiger partial charge is 0.384 e. The quantitative estimate of drug-likeness (QED) is 0.792. The molecule has 0 unspecified atom stereocenters. The maximum absolute atomic E-state index is 12.2. The number of halogens is 3. The van der Waals surface area contributed by atoms with E-state index in [9.17, 15) is 8.78 Å². The Hall–Kier alpha value is -0.480. The number of hydrogen-bond acceptors (Lipinski definition) is 2. The lowest BCUT2D eigenvalue weighted by molar-refractivity contribution is 0.252. The number of nitrogens with one attached hydrogen (secondary N) is 1. The van der Waals surface area contributed by atoms with Crippen LogP contribution >= 0.6 is 23.4 Å². The number of thioether (sulfide) groups is 1. The average molecular weight is 238 g/mol. The van der Waals surface area contributed by atoms with E-state index in [1.54, 1.807) is 18.2 Å². The fourth-order valence-corrected chi connectivity index (χ4v) is 1.98. The van der Waals surface area contributed by atoms with Gasteiger partial charge in [-0.3, -0.25) is 0 Å². The van der Waals surface area contributed by atoms with Gasteiger partial charge in [-0.15, -0.1) is 0 Å². The van der Waals surface area contributed by atoms with Crippen LogP contribution in [0.1, 0.15) is 6.92 Å².